The van der Waals surface area contributed by atoms with Gasteiger partial charge < -0.3 is 15.0 Å². The quantitative estimate of drug-likeness (QED) is 0.906. The molecule has 2 aromatic rings. The third-order valence-corrected chi connectivity index (χ3v) is 4.48. The molecule has 116 valence electrons. The molecule has 1 aliphatic rings. The van der Waals surface area contributed by atoms with Crippen LogP contribution in [0.4, 0.5) is 17.3 Å². The number of aromatic nitrogens is 2. The van der Waals surface area contributed by atoms with E-state index in [1.165, 1.54) is 5.56 Å². The second-order valence-corrected chi connectivity index (χ2v) is 6.20. The zero-order valence-corrected chi connectivity index (χ0v) is 14.4. The summed E-state index contributed by atoms with van der Waals surface area (Å²) >= 11 is 3.52. The molecule has 0 aliphatic carbocycles. The van der Waals surface area contributed by atoms with E-state index in [1.54, 1.807) is 0 Å². The molecule has 1 aromatic heterocycles. The molecule has 6 heteroatoms. The molecule has 0 atom stereocenters. The summed E-state index contributed by atoms with van der Waals surface area (Å²) in [6.07, 6.45) is 0. The number of anilines is 3. The maximum absolute atomic E-state index is 5.40. The van der Waals surface area contributed by atoms with Crippen molar-refractivity contribution in [2.24, 2.45) is 0 Å². The molecule has 1 fully saturated rings. The van der Waals surface area contributed by atoms with Gasteiger partial charge in [-0.25, -0.2) is 9.97 Å². The van der Waals surface area contributed by atoms with Gasteiger partial charge in [0.05, 0.1) is 13.2 Å². The zero-order valence-electron chi connectivity index (χ0n) is 12.8. The summed E-state index contributed by atoms with van der Waals surface area (Å²) in [6.45, 7) is 7.22. The average Bonchev–Trinajstić information content (AvgIpc) is 2.51. The predicted octanol–water partition coefficient (Wildman–Crippen LogP) is 3.44. The van der Waals surface area contributed by atoms with Crippen LogP contribution in [0, 0.1) is 13.8 Å². The van der Waals surface area contributed by atoms with Crippen molar-refractivity contribution in [3.63, 3.8) is 0 Å². The van der Waals surface area contributed by atoms with E-state index in [-0.39, 0.29) is 0 Å². The minimum atomic E-state index is 0.748. The molecule has 0 amide bonds. The van der Waals surface area contributed by atoms with E-state index < -0.39 is 0 Å². The van der Waals surface area contributed by atoms with Crippen LogP contribution in [0.2, 0.25) is 0 Å². The number of hydrogen-bond donors (Lipinski definition) is 1. The fourth-order valence-electron chi connectivity index (χ4n) is 2.44. The lowest BCUT2D eigenvalue weighted by Crippen LogP contribution is -2.36. The number of nitrogens with zero attached hydrogens (tertiary/aromatic N) is 3. The van der Waals surface area contributed by atoms with Crippen molar-refractivity contribution in [1.29, 1.82) is 0 Å². The van der Waals surface area contributed by atoms with Crippen molar-refractivity contribution in [2.75, 3.05) is 36.5 Å². The number of nitrogens with one attached hydrogen (secondary N) is 1. The van der Waals surface area contributed by atoms with Crippen LogP contribution < -0.4 is 10.2 Å². The Balaban J connectivity index is 1.83. The van der Waals surface area contributed by atoms with Crippen molar-refractivity contribution in [2.45, 2.75) is 13.8 Å². The van der Waals surface area contributed by atoms with Crippen molar-refractivity contribution < 1.29 is 4.74 Å². The van der Waals surface area contributed by atoms with Crippen LogP contribution in [0.25, 0.3) is 0 Å². The average molecular weight is 363 g/mol. The molecule has 0 saturated carbocycles. The molecule has 0 spiro atoms. The highest BCUT2D eigenvalue weighted by atomic mass is 79.9. The fourth-order valence-corrected chi connectivity index (χ4v) is 2.69. The van der Waals surface area contributed by atoms with Crippen LogP contribution in [0.5, 0.6) is 0 Å². The molecule has 0 bridgehead atoms. The van der Waals surface area contributed by atoms with Gasteiger partial charge in [-0.2, -0.15) is 0 Å². The summed E-state index contributed by atoms with van der Waals surface area (Å²) in [6, 6.07) is 8.16. The van der Waals surface area contributed by atoms with Gasteiger partial charge in [0.2, 0.25) is 0 Å². The van der Waals surface area contributed by atoms with E-state index in [9.17, 15) is 0 Å². The van der Waals surface area contributed by atoms with Gasteiger partial charge in [-0.1, -0.05) is 15.9 Å². The van der Waals surface area contributed by atoms with Gasteiger partial charge in [0, 0.05) is 29.3 Å². The monoisotopic (exact) mass is 362 g/mol. The van der Waals surface area contributed by atoms with Gasteiger partial charge in [-0.15, -0.1) is 0 Å². The molecule has 3 rings (SSSR count). The Bertz CT molecular complexity index is 671. The van der Waals surface area contributed by atoms with Gasteiger partial charge in [-0.05, 0) is 37.6 Å². The van der Waals surface area contributed by atoms with Gasteiger partial charge in [-0.3, -0.25) is 0 Å². The summed E-state index contributed by atoms with van der Waals surface area (Å²) in [5, 5.41) is 3.36. The molecule has 1 aromatic carbocycles. The summed E-state index contributed by atoms with van der Waals surface area (Å²) in [5.41, 5.74) is 2.20. The lowest BCUT2D eigenvalue weighted by molar-refractivity contribution is 0.122. The van der Waals surface area contributed by atoms with E-state index in [0.717, 1.165) is 53.9 Å². The number of rotatable bonds is 3. The highest BCUT2D eigenvalue weighted by Crippen LogP contribution is 2.24. The lowest BCUT2D eigenvalue weighted by Gasteiger charge is -2.28. The minimum Gasteiger partial charge on any atom is -0.378 e. The molecule has 1 aliphatic heterocycles. The first-order chi connectivity index (χ1) is 10.6. The Morgan fingerprint density at radius 2 is 1.91 bits per heavy atom. The number of morpholine rings is 1. The van der Waals surface area contributed by atoms with Crippen LogP contribution in [-0.2, 0) is 4.74 Å². The van der Waals surface area contributed by atoms with E-state index in [1.807, 2.05) is 25.1 Å². The molecule has 2 heterocycles. The first kappa shape index (κ1) is 15.2. The van der Waals surface area contributed by atoms with Crippen molar-refractivity contribution >= 4 is 33.3 Å². The molecule has 5 nitrogen and oxygen atoms in total. The molecule has 1 N–H and O–H groups in total. The minimum absolute atomic E-state index is 0.748. The van der Waals surface area contributed by atoms with Gasteiger partial charge in [0.1, 0.15) is 17.5 Å². The smallest absolute Gasteiger partial charge is 0.136 e. The maximum atomic E-state index is 5.40. The van der Waals surface area contributed by atoms with Crippen LogP contribution >= 0.6 is 15.9 Å². The number of benzene rings is 1. The van der Waals surface area contributed by atoms with E-state index >= 15 is 0 Å². The molecular weight excluding hydrogens is 344 g/mol. The largest absolute Gasteiger partial charge is 0.378 e. The summed E-state index contributed by atoms with van der Waals surface area (Å²) in [4.78, 5) is 11.3. The number of halogens is 1. The highest BCUT2D eigenvalue weighted by molar-refractivity contribution is 9.10. The Kier molecular flexibility index (Phi) is 4.59. The second kappa shape index (κ2) is 6.62. The Labute approximate surface area is 138 Å². The zero-order chi connectivity index (χ0) is 15.5. The van der Waals surface area contributed by atoms with Crippen molar-refractivity contribution in [3.05, 3.63) is 40.1 Å². The molecule has 1 saturated heterocycles. The summed E-state index contributed by atoms with van der Waals surface area (Å²) in [5.74, 6) is 2.53. The highest BCUT2D eigenvalue weighted by Gasteiger charge is 2.14. The number of hydrogen-bond acceptors (Lipinski definition) is 5. The summed E-state index contributed by atoms with van der Waals surface area (Å²) < 4.78 is 6.50. The molecular formula is C16H19BrN4O. The maximum Gasteiger partial charge on any atom is 0.136 e. The molecule has 22 heavy (non-hydrogen) atoms. The van der Waals surface area contributed by atoms with Crippen LogP contribution in [0.3, 0.4) is 0 Å². The third kappa shape index (κ3) is 3.56. The molecule has 0 unspecified atom stereocenters. The second-order valence-electron chi connectivity index (χ2n) is 5.35. The Hall–Kier alpha value is -1.66. The van der Waals surface area contributed by atoms with Crippen molar-refractivity contribution in [3.8, 4) is 0 Å². The van der Waals surface area contributed by atoms with Gasteiger partial charge in [0.25, 0.3) is 0 Å². The third-order valence-electron chi connectivity index (χ3n) is 3.59. The van der Waals surface area contributed by atoms with Crippen LogP contribution in [-0.4, -0.2) is 36.3 Å². The number of aryl methyl sites for hydroxylation is 2. The normalized spacial score (nSPS) is 15.0. The SMILES string of the molecule is Cc1nc(Nc2ccc(Br)c(C)c2)cc(N2CCOCC2)n1. The first-order valence-corrected chi connectivity index (χ1v) is 8.13. The predicted molar refractivity (Wildman–Crippen MR) is 92.0 cm³/mol. The van der Waals surface area contributed by atoms with E-state index in [0.29, 0.717) is 0 Å². The Morgan fingerprint density at radius 3 is 2.64 bits per heavy atom. The summed E-state index contributed by atoms with van der Waals surface area (Å²) in [7, 11) is 0. The lowest BCUT2D eigenvalue weighted by atomic mass is 10.2. The molecule has 0 radical (unpaired) electrons. The van der Waals surface area contributed by atoms with Crippen molar-refractivity contribution in [1.82, 2.24) is 9.97 Å². The Morgan fingerprint density at radius 1 is 1.14 bits per heavy atom. The van der Waals surface area contributed by atoms with E-state index in [4.69, 9.17) is 4.74 Å². The van der Waals surface area contributed by atoms with Crippen LogP contribution in [0.15, 0.2) is 28.7 Å². The van der Waals surface area contributed by atoms with Crippen LogP contribution in [0.1, 0.15) is 11.4 Å². The number of ether oxygens (including phenoxy) is 1. The van der Waals surface area contributed by atoms with Gasteiger partial charge in [0.15, 0.2) is 0 Å². The van der Waals surface area contributed by atoms with E-state index in [2.05, 4.69) is 49.1 Å². The topological polar surface area (TPSA) is 50.3 Å². The first-order valence-electron chi connectivity index (χ1n) is 7.33. The fraction of sp³-hybridized carbons (Fsp3) is 0.375. The van der Waals surface area contributed by atoms with Gasteiger partial charge >= 0.3 is 0 Å². The standard InChI is InChI=1S/C16H19BrN4O/c1-11-9-13(3-4-14(11)17)20-15-10-16(19-12(2)18-15)21-5-7-22-8-6-21/h3-4,9-10H,5-8H2,1-2H3,(H,18,19,20).